The van der Waals surface area contributed by atoms with E-state index in [4.69, 9.17) is 4.74 Å². The van der Waals surface area contributed by atoms with Crippen molar-refractivity contribution in [3.05, 3.63) is 24.3 Å². The fourth-order valence-corrected chi connectivity index (χ4v) is 7.74. The highest BCUT2D eigenvalue weighted by molar-refractivity contribution is 5.76. The van der Waals surface area contributed by atoms with Crippen LogP contribution in [-0.2, 0) is 14.3 Å². The highest BCUT2D eigenvalue weighted by Gasteiger charge is 2.18. The van der Waals surface area contributed by atoms with Crippen molar-refractivity contribution in [2.45, 2.75) is 283 Å². The molecule has 0 spiro atoms. The van der Waals surface area contributed by atoms with Crippen LogP contribution in [0.3, 0.4) is 0 Å². The van der Waals surface area contributed by atoms with E-state index in [1.165, 1.54) is 186 Å². The van der Waals surface area contributed by atoms with E-state index in [9.17, 15) is 19.8 Å². The van der Waals surface area contributed by atoms with Gasteiger partial charge in [0.25, 0.3) is 0 Å². The minimum Gasteiger partial charge on any atom is -0.466 e. The number of carbonyl (C=O) groups excluding carboxylic acids is 2. The Bertz CT molecular complexity index is 904. The van der Waals surface area contributed by atoms with Gasteiger partial charge in [-0.1, -0.05) is 224 Å². The number of aliphatic hydroxyl groups is 2. The Morgan fingerprint density at radius 1 is 0.466 bits per heavy atom. The second-order valence-corrected chi connectivity index (χ2v) is 17.5. The van der Waals surface area contributed by atoms with Crippen LogP contribution in [0.4, 0.5) is 0 Å². The summed E-state index contributed by atoms with van der Waals surface area (Å²) in [6.07, 6.45) is 56.0. The molecule has 0 heterocycles. The van der Waals surface area contributed by atoms with Gasteiger partial charge in [-0.25, -0.2) is 0 Å². The molecule has 1 amide bonds. The van der Waals surface area contributed by atoms with Crippen molar-refractivity contribution in [1.82, 2.24) is 5.32 Å². The van der Waals surface area contributed by atoms with E-state index >= 15 is 0 Å². The standard InChI is InChI=1S/C52H99NO5/c1-3-5-7-9-11-13-15-17-18-22-26-30-34-38-42-46-52(57)58-47-43-39-35-31-27-23-20-19-21-25-29-33-37-41-45-51(56)53-49(48-54)50(55)44-40-36-32-28-24-16-14-12-10-8-6-4-2/h17-18,40,44,49-50,54-55H,3-16,19-39,41-43,45-48H2,1-2H3,(H,53,56)/b18-17-,44-40+. The van der Waals surface area contributed by atoms with E-state index in [2.05, 4.69) is 31.3 Å². The van der Waals surface area contributed by atoms with Gasteiger partial charge < -0.3 is 20.3 Å². The molecule has 0 bridgehead atoms. The van der Waals surface area contributed by atoms with E-state index < -0.39 is 12.1 Å². The van der Waals surface area contributed by atoms with Crippen molar-refractivity contribution in [3.63, 3.8) is 0 Å². The molecule has 0 aromatic rings. The zero-order valence-electron chi connectivity index (χ0n) is 38.8. The number of hydrogen-bond acceptors (Lipinski definition) is 5. The van der Waals surface area contributed by atoms with Crippen LogP contribution in [0.1, 0.15) is 271 Å². The van der Waals surface area contributed by atoms with E-state index in [0.29, 0.717) is 19.4 Å². The number of hydrogen-bond donors (Lipinski definition) is 3. The van der Waals surface area contributed by atoms with Crippen LogP contribution in [0.2, 0.25) is 0 Å². The van der Waals surface area contributed by atoms with Gasteiger partial charge in [0.2, 0.25) is 5.91 Å². The third-order valence-electron chi connectivity index (χ3n) is 11.7. The lowest BCUT2D eigenvalue weighted by atomic mass is 10.0. The maximum atomic E-state index is 12.4. The Morgan fingerprint density at radius 3 is 1.22 bits per heavy atom. The molecule has 58 heavy (non-hydrogen) atoms. The summed E-state index contributed by atoms with van der Waals surface area (Å²) in [6, 6.07) is -0.634. The van der Waals surface area contributed by atoms with Crippen molar-refractivity contribution in [2.75, 3.05) is 13.2 Å². The first kappa shape index (κ1) is 56.3. The molecule has 0 saturated carbocycles. The van der Waals surface area contributed by atoms with Gasteiger partial charge in [-0.15, -0.1) is 0 Å². The highest BCUT2D eigenvalue weighted by atomic mass is 16.5. The Balaban J connectivity index is 3.46. The van der Waals surface area contributed by atoms with Crippen LogP contribution < -0.4 is 5.32 Å². The number of esters is 1. The molecule has 3 N–H and O–H groups in total. The summed E-state index contributed by atoms with van der Waals surface area (Å²) >= 11 is 0. The SMILES string of the molecule is CCCCCCCC/C=C\CCCCCCCC(=O)OCCCCCCCCCCCCCCCCC(=O)NC(CO)C(O)/C=C/CCCCCCCCCCCC. The molecule has 0 aromatic heterocycles. The van der Waals surface area contributed by atoms with Crippen molar-refractivity contribution >= 4 is 11.9 Å². The number of rotatable bonds is 47. The normalized spacial score (nSPS) is 12.8. The van der Waals surface area contributed by atoms with Crippen LogP contribution in [0.5, 0.6) is 0 Å². The molecule has 6 nitrogen and oxygen atoms in total. The molecule has 0 saturated heterocycles. The fraction of sp³-hybridized carbons (Fsp3) is 0.885. The summed E-state index contributed by atoms with van der Waals surface area (Å²) in [6.45, 7) is 4.86. The van der Waals surface area contributed by atoms with Gasteiger partial charge >= 0.3 is 5.97 Å². The number of unbranched alkanes of at least 4 members (excludes halogenated alkanes) is 34. The predicted octanol–water partition coefficient (Wildman–Crippen LogP) is 15.1. The van der Waals surface area contributed by atoms with Gasteiger partial charge in [-0.3, -0.25) is 9.59 Å². The monoisotopic (exact) mass is 818 g/mol. The number of amides is 1. The van der Waals surface area contributed by atoms with E-state index in [1.807, 2.05) is 6.08 Å². The van der Waals surface area contributed by atoms with Crippen LogP contribution in [-0.4, -0.2) is 47.4 Å². The second kappa shape index (κ2) is 48.0. The molecule has 0 rings (SSSR count). The number of nitrogens with one attached hydrogen (secondary N) is 1. The van der Waals surface area contributed by atoms with Gasteiger partial charge in [0, 0.05) is 12.8 Å². The topological polar surface area (TPSA) is 95.9 Å². The molecule has 2 unspecified atom stereocenters. The van der Waals surface area contributed by atoms with Crippen molar-refractivity contribution in [1.29, 1.82) is 0 Å². The quantitative estimate of drug-likeness (QED) is 0.0323. The molecule has 0 radical (unpaired) electrons. The lowest BCUT2D eigenvalue weighted by Crippen LogP contribution is -2.45. The molecule has 6 heteroatoms. The first-order valence-corrected chi connectivity index (χ1v) is 25.6. The molecule has 0 aliphatic heterocycles. The maximum Gasteiger partial charge on any atom is 0.305 e. The molecule has 2 atom stereocenters. The van der Waals surface area contributed by atoms with Gasteiger partial charge in [0.05, 0.1) is 25.4 Å². The Labute approximate surface area is 361 Å². The predicted molar refractivity (Wildman–Crippen MR) is 250 cm³/mol. The van der Waals surface area contributed by atoms with Gasteiger partial charge in [-0.05, 0) is 57.8 Å². The summed E-state index contributed by atoms with van der Waals surface area (Å²) < 4.78 is 5.46. The van der Waals surface area contributed by atoms with Gasteiger partial charge in [0.15, 0.2) is 0 Å². The highest BCUT2D eigenvalue weighted by Crippen LogP contribution is 2.15. The first-order valence-electron chi connectivity index (χ1n) is 25.6. The number of carbonyl (C=O) groups is 2. The summed E-state index contributed by atoms with van der Waals surface area (Å²) in [4.78, 5) is 24.4. The van der Waals surface area contributed by atoms with Gasteiger partial charge in [-0.2, -0.15) is 0 Å². The van der Waals surface area contributed by atoms with Crippen LogP contribution in [0, 0.1) is 0 Å². The molecule has 0 aliphatic carbocycles. The number of ether oxygens (including phenoxy) is 1. The van der Waals surface area contributed by atoms with E-state index in [-0.39, 0.29) is 18.5 Å². The molecule has 342 valence electrons. The zero-order valence-corrected chi connectivity index (χ0v) is 38.8. The first-order chi connectivity index (χ1) is 28.5. The average molecular weight is 818 g/mol. The van der Waals surface area contributed by atoms with Crippen molar-refractivity contribution in [2.24, 2.45) is 0 Å². The Morgan fingerprint density at radius 2 is 0.810 bits per heavy atom. The minimum atomic E-state index is -0.850. The third-order valence-corrected chi connectivity index (χ3v) is 11.7. The van der Waals surface area contributed by atoms with Crippen LogP contribution >= 0.6 is 0 Å². The lowest BCUT2D eigenvalue weighted by molar-refractivity contribution is -0.143. The number of allylic oxidation sites excluding steroid dienone is 3. The van der Waals surface area contributed by atoms with Crippen molar-refractivity contribution < 1.29 is 24.5 Å². The molecular formula is C52H99NO5. The summed E-state index contributed by atoms with van der Waals surface area (Å²) in [7, 11) is 0. The summed E-state index contributed by atoms with van der Waals surface area (Å²) in [5, 5.41) is 23.0. The minimum absolute atomic E-state index is 0.0118. The summed E-state index contributed by atoms with van der Waals surface area (Å²) in [5.41, 5.74) is 0. The maximum absolute atomic E-state index is 12.4. The Hall–Kier alpha value is -1.66. The zero-order chi connectivity index (χ0) is 42.3. The van der Waals surface area contributed by atoms with Crippen LogP contribution in [0.15, 0.2) is 24.3 Å². The third kappa shape index (κ3) is 43.9. The second-order valence-electron chi connectivity index (χ2n) is 17.5. The van der Waals surface area contributed by atoms with E-state index in [1.54, 1.807) is 6.08 Å². The smallest absolute Gasteiger partial charge is 0.305 e. The lowest BCUT2D eigenvalue weighted by Gasteiger charge is -2.20. The molecule has 0 aliphatic rings. The molecular weight excluding hydrogens is 719 g/mol. The Kier molecular flexibility index (Phi) is 46.6. The van der Waals surface area contributed by atoms with E-state index in [0.717, 1.165) is 57.8 Å². The summed E-state index contributed by atoms with van der Waals surface area (Å²) in [5.74, 6) is -0.0915. The average Bonchev–Trinajstić information content (AvgIpc) is 3.22. The molecule has 0 aromatic carbocycles. The van der Waals surface area contributed by atoms with Crippen LogP contribution in [0.25, 0.3) is 0 Å². The number of aliphatic hydroxyl groups excluding tert-OH is 2. The van der Waals surface area contributed by atoms with Gasteiger partial charge in [0.1, 0.15) is 0 Å². The fourth-order valence-electron chi connectivity index (χ4n) is 7.74. The largest absolute Gasteiger partial charge is 0.466 e. The van der Waals surface area contributed by atoms with Crippen molar-refractivity contribution in [3.8, 4) is 0 Å². The molecule has 0 fully saturated rings.